The highest BCUT2D eigenvalue weighted by atomic mass is 15.1. The molecule has 0 radical (unpaired) electrons. The standard InChI is InChI=1S/C13H28N2/c1-12(11-14)7-9-15(2)10-8-13-5-3-4-6-13/h12-13H,3-11,14H2,1-2H3. The summed E-state index contributed by atoms with van der Waals surface area (Å²) in [6, 6.07) is 0. The van der Waals surface area contributed by atoms with Gasteiger partial charge in [0.1, 0.15) is 0 Å². The second-order valence-electron chi connectivity index (χ2n) is 5.37. The highest BCUT2D eigenvalue weighted by Gasteiger charge is 2.15. The number of nitrogens with zero attached hydrogens (tertiary/aromatic N) is 1. The van der Waals surface area contributed by atoms with E-state index in [1.165, 1.54) is 51.6 Å². The summed E-state index contributed by atoms with van der Waals surface area (Å²) in [6.45, 7) is 5.56. The molecule has 0 bridgehead atoms. The lowest BCUT2D eigenvalue weighted by Gasteiger charge is -2.20. The summed E-state index contributed by atoms with van der Waals surface area (Å²) in [6.07, 6.45) is 8.56. The van der Waals surface area contributed by atoms with E-state index in [0.29, 0.717) is 5.92 Å². The summed E-state index contributed by atoms with van der Waals surface area (Å²) < 4.78 is 0. The van der Waals surface area contributed by atoms with Crippen molar-refractivity contribution >= 4 is 0 Å². The van der Waals surface area contributed by atoms with Gasteiger partial charge in [-0.15, -0.1) is 0 Å². The first-order valence-corrected chi connectivity index (χ1v) is 6.61. The molecule has 2 heteroatoms. The largest absolute Gasteiger partial charge is 0.330 e. The van der Waals surface area contributed by atoms with Crippen LogP contribution in [0.15, 0.2) is 0 Å². The third-order valence-corrected chi connectivity index (χ3v) is 3.80. The molecule has 0 saturated heterocycles. The van der Waals surface area contributed by atoms with Gasteiger partial charge in [-0.3, -0.25) is 0 Å². The first-order valence-electron chi connectivity index (χ1n) is 6.61. The van der Waals surface area contributed by atoms with Crippen molar-refractivity contribution in [3.05, 3.63) is 0 Å². The summed E-state index contributed by atoms with van der Waals surface area (Å²) in [5, 5.41) is 0. The minimum atomic E-state index is 0.680. The van der Waals surface area contributed by atoms with E-state index in [1.54, 1.807) is 0 Å². The Morgan fingerprint density at radius 3 is 2.53 bits per heavy atom. The van der Waals surface area contributed by atoms with Crippen LogP contribution in [-0.4, -0.2) is 31.6 Å². The maximum absolute atomic E-state index is 5.61. The number of nitrogens with two attached hydrogens (primary N) is 1. The van der Waals surface area contributed by atoms with Crippen molar-refractivity contribution in [2.24, 2.45) is 17.6 Å². The minimum Gasteiger partial charge on any atom is -0.330 e. The lowest BCUT2D eigenvalue weighted by molar-refractivity contribution is 0.281. The number of hydrogen-bond donors (Lipinski definition) is 1. The van der Waals surface area contributed by atoms with Crippen molar-refractivity contribution in [3.63, 3.8) is 0 Å². The fourth-order valence-electron chi connectivity index (χ4n) is 2.37. The maximum Gasteiger partial charge on any atom is -0.00188 e. The molecule has 1 saturated carbocycles. The van der Waals surface area contributed by atoms with E-state index in [9.17, 15) is 0 Å². The van der Waals surface area contributed by atoms with Gasteiger partial charge in [0, 0.05) is 0 Å². The first-order chi connectivity index (χ1) is 7.22. The summed E-state index contributed by atoms with van der Waals surface area (Å²) >= 11 is 0. The fourth-order valence-corrected chi connectivity index (χ4v) is 2.37. The van der Waals surface area contributed by atoms with E-state index in [4.69, 9.17) is 5.73 Å². The van der Waals surface area contributed by atoms with E-state index in [-0.39, 0.29) is 0 Å². The molecule has 0 spiro atoms. The smallest absolute Gasteiger partial charge is 0.00188 e. The molecule has 1 atom stereocenters. The van der Waals surface area contributed by atoms with Crippen molar-refractivity contribution in [2.75, 3.05) is 26.7 Å². The molecule has 1 aliphatic rings. The van der Waals surface area contributed by atoms with E-state index in [1.807, 2.05) is 0 Å². The average Bonchev–Trinajstić information content (AvgIpc) is 2.75. The van der Waals surface area contributed by atoms with Crippen LogP contribution in [-0.2, 0) is 0 Å². The molecule has 0 aromatic carbocycles. The molecule has 0 aliphatic heterocycles. The Bertz CT molecular complexity index is 153. The van der Waals surface area contributed by atoms with Crippen molar-refractivity contribution in [2.45, 2.75) is 45.4 Å². The Morgan fingerprint density at radius 1 is 1.27 bits per heavy atom. The van der Waals surface area contributed by atoms with Crippen molar-refractivity contribution in [3.8, 4) is 0 Å². The average molecular weight is 212 g/mol. The van der Waals surface area contributed by atoms with Crippen LogP contribution in [0.25, 0.3) is 0 Å². The summed E-state index contributed by atoms with van der Waals surface area (Å²) in [7, 11) is 2.25. The molecule has 0 heterocycles. The van der Waals surface area contributed by atoms with Crippen LogP contribution in [0.3, 0.4) is 0 Å². The van der Waals surface area contributed by atoms with Crippen LogP contribution < -0.4 is 5.73 Å². The van der Waals surface area contributed by atoms with Crippen LogP contribution in [0.5, 0.6) is 0 Å². The molecule has 0 aromatic heterocycles. The third kappa shape index (κ3) is 5.53. The molecule has 0 aromatic rings. The zero-order valence-electron chi connectivity index (χ0n) is 10.5. The molecule has 15 heavy (non-hydrogen) atoms. The predicted octanol–water partition coefficient (Wildman–Crippen LogP) is 2.48. The van der Waals surface area contributed by atoms with Crippen LogP contribution in [0.4, 0.5) is 0 Å². The molecular weight excluding hydrogens is 184 g/mol. The van der Waals surface area contributed by atoms with Crippen molar-refractivity contribution in [1.29, 1.82) is 0 Å². The third-order valence-electron chi connectivity index (χ3n) is 3.80. The summed E-state index contributed by atoms with van der Waals surface area (Å²) in [4.78, 5) is 2.48. The van der Waals surface area contributed by atoms with E-state index in [0.717, 1.165) is 12.5 Å². The van der Waals surface area contributed by atoms with Crippen LogP contribution in [0.1, 0.15) is 45.4 Å². The molecule has 0 amide bonds. The molecule has 2 N–H and O–H groups in total. The number of hydrogen-bond acceptors (Lipinski definition) is 2. The zero-order chi connectivity index (χ0) is 11.1. The Labute approximate surface area is 95.2 Å². The summed E-state index contributed by atoms with van der Waals surface area (Å²) in [5.41, 5.74) is 5.61. The topological polar surface area (TPSA) is 29.3 Å². The maximum atomic E-state index is 5.61. The van der Waals surface area contributed by atoms with Gasteiger partial charge in [0.2, 0.25) is 0 Å². The first kappa shape index (κ1) is 13.0. The van der Waals surface area contributed by atoms with Crippen LogP contribution in [0, 0.1) is 11.8 Å². The lowest BCUT2D eigenvalue weighted by atomic mass is 10.0. The Hall–Kier alpha value is -0.0800. The van der Waals surface area contributed by atoms with Gasteiger partial charge in [0.05, 0.1) is 0 Å². The Morgan fingerprint density at radius 2 is 1.93 bits per heavy atom. The van der Waals surface area contributed by atoms with E-state index in [2.05, 4.69) is 18.9 Å². The predicted molar refractivity (Wildman–Crippen MR) is 66.9 cm³/mol. The second kappa shape index (κ2) is 7.24. The second-order valence-corrected chi connectivity index (χ2v) is 5.37. The molecule has 90 valence electrons. The van der Waals surface area contributed by atoms with Crippen molar-refractivity contribution in [1.82, 2.24) is 4.90 Å². The summed E-state index contributed by atoms with van der Waals surface area (Å²) in [5.74, 6) is 1.71. The molecular formula is C13H28N2. The van der Waals surface area contributed by atoms with Gasteiger partial charge >= 0.3 is 0 Å². The van der Waals surface area contributed by atoms with E-state index >= 15 is 0 Å². The minimum absolute atomic E-state index is 0.680. The Kier molecular flexibility index (Phi) is 6.26. The molecule has 1 fully saturated rings. The highest BCUT2D eigenvalue weighted by molar-refractivity contribution is 4.69. The SMILES string of the molecule is CC(CN)CCN(C)CCC1CCCC1. The zero-order valence-corrected chi connectivity index (χ0v) is 10.5. The van der Waals surface area contributed by atoms with Gasteiger partial charge in [0.25, 0.3) is 0 Å². The molecule has 1 unspecified atom stereocenters. The normalized spacial score (nSPS) is 20.0. The molecule has 1 rings (SSSR count). The highest BCUT2D eigenvalue weighted by Crippen LogP contribution is 2.27. The van der Waals surface area contributed by atoms with E-state index < -0.39 is 0 Å². The van der Waals surface area contributed by atoms with Crippen LogP contribution in [0.2, 0.25) is 0 Å². The van der Waals surface area contributed by atoms with Gasteiger partial charge in [-0.1, -0.05) is 32.6 Å². The van der Waals surface area contributed by atoms with Crippen molar-refractivity contribution < 1.29 is 0 Å². The van der Waals surface area contributed by atoms with Gasteiger partial charge in [0.15, 0.2) is 0 Å². The fraction of sp³-hybridized carbons (Fsp3) is 1.00. The van der Waals surface area contributed by atoms with Gasteiger partial charge < -0.3 is 10.6 Å². The Balaban J connectivity index is 1.99. The van der Waals surface area contributed by atoms with Crippen LogP contribution >= 0.6 is 0 Å². The van der Waals surface area contributed by atoms with Gasteiger partial charge in [-0.05, 0) is 51.4 Å². The monoisotopic (exact) mass is 212 g/mol. The molecule has 1 aliphatic carbocycles. The lowest BCUT2D eigenvalue weighted by Crippen LogP contribution is -2.25. The van der Waals surface area contributed by atoms with Gasteiger partial charge in [-0.2, -0.15) is 0 Å². The van der Waals surface area contributed by atoms with Gasteiger partial charge in [-0.25, -0.2) is 0 Å². The quantitative estimate of drug-likeness (QED) is 0.702. The molecule has 2 nitrogen and oxygen atoms in total. The number of rotatable bonds is 7.